The predicted octanol–water partition coefficient (Wildman–Crippen LogP) is 5.70. The normalized spacial score (nSPS) is 15.2. The molecule has 4 rings (SSSR count). The number of benzene rings is 3. The van der Waals surface area contributed by atoms with E-state index in [9.17, 15) is 9.59 Å². The van der Waals surface area contributed by atoms with Crippen LogP contribution in [0.4, 0.5) is 10.5 Å². The summed E-state index contributed by atoms with van der Waals surface area (Å²) < 4.78 is 5.00. The molecule has 6 heteroatoms. The summed E-state index contributed by atoms with van der Waals surface area (Å²) in [7, 11) is 0. The topological polar surface area (TPSA) is 58.6 Å². The highest BCUT2D eigenvalue weighted by Gasteiger charge is 2.33. The van der Waals surface area contributed by atoms with Gasteiger partial charge in [-0.1, -0.05) is 54.1 Å². The quantitative estimate of drug-likeness (QED) is 0.536. The molecule has 2 amide bonds. The third kappa shape index (κ3) is 4.42. The van der Waals surface area contributed by atoms with Crippen molar-refractivity contribution in [3.8, 4) is 0 Å². The predicted molar refractivity (Wildman–Crippen MR) is 122 cm³/mol. The lowest BCUT2D eigenvalue weighted by molar-refractivity contribution is 0.0526. The molecule has 3 aromatic carbocycles. The Hall–Kier alpha value is -3.31. The highest BCUT2D eigenvalue weighted by Crippen LogP contribution is 2.38. The lowest BCUT2D eigenvalue weighted by Crippen LogP contribution is -2.43. The number of amides is 2. The van der Waals surface area contributed by atoms with Gasteiger partial charge in [0.1, 0.15) is 0 Å². The van der Waals surface area contributed by atoms with Gasteiger partial charge in [0.05, 0.1) is 18.2 Å². The van der Waals surface area contributed by atoms with Crippen LogP contribution < -0.4 is 5.32 Å². The van der Waals surface area contributed by atoms with Crippen molar-refractivity contribution in [3.63, 3.8) is 0 Å². The maximum atomic E-state index is 13.3. The lowest BCUT2D eigenvalue weighted by atomic mass is 9.88. The van der Waals surface area contributed by atoms with Gasteiger partial charge in [0, 0.05) is 17.3 Å². The van der Waals surface area contributed by atoms with E-state index in [0.717, 1.165) is 17.5 Å². The van der Waals surface area contributed by atoms with Crippen molar-refractivity contribution >= 4 is 29.3 Å². The molecule has 1 heterocycles. The van der Waals surface area contributed by atoms with Gasteiger partial charge < -0.3 is 15.0 Å². The standard InChI is InChI=1S/C25H23ClN2O3/c1-2-31-24(29)18-11-13-19(14-12-18)27-25(30)28-16-15-17-7-3-4-8-20(17)23(28)21-9-5-6-10-22(21)26/h3-14,23H,2,15-16H2,1H3,(H,27,30). The highest BCUT2D eigenvalue weighted by molar-refractivity contribution is 6.31. The van der Waals surface area contributed by atoms with Gasteiger partial charge in [0.25, 0.3) is 0 Å². The van der Waals surface area contributed by atoms with E-state index >= 15 is 0 Å². The summed E-state index contributed by atoms with van der Waals surface area (Å²) in [4.78, 5) is 26.9. The molecule has 1 aliphatic rings. The molecule has 0 aromatic heterocycles. The molecule has 0 radical (unpaired) electrons. The maximum absolute atomic E-state index is 13.3. The molecule has 0 saturated carbocycles. The first-order chi connectivity index (χ1) is 15.1. The molecule has 3 aromatic rings. The largest absolute Gasteiger partial charge is 0.462 e. The zero-order valence-corrected chi connectivity index (χ0v) is 17.9. The Morgan fingerprint density at radius 2 is 1.68 bits per heavy atom. The summed E-state index contributed by atoms with van der Waals surface area (Å²) in [5, 5.41) is 3.58. The molecule has 0 spiro atoms. The van der Waals surface area contributed by atoms with E-state index in [1.54, 1.807) is 31.2 Å². The monoisotopic (exact) mass is 434 g/mol. The van der Waals surface area contributed by atoms with Crippen molar-refractivity contribution in [2.24, 2.45) is 0 Å². The lowest BCUT2D eigenvalue weighted by Gasteiger charge is -2.38. The van der Waals surface area contributed by atoms with Crippen molar-refractivity contribution in [2.45, 2.75) is 19.4 Å². The number of halogens is 1. The minimum atomic E-state index is -0.383. The third-order valence-electron chi connectivity index (χ3n) is 5.39. The number of anilines is 1. The Labute approximate surface area is 186 Å². The first kappa shape index (κ1) is 20.9. The molecule has 1 unspecified atom stereocenters. The first-order valence-corrected chi connectivity index (χ1v) is 10.6. The van der Waals surface area contributed by atoms with Gasteiger partial charge in [0.15, 0.2) is 0 Å². The Balaban J connectivity index is 1.61. The van der Waals surface area contributed by atoms with Crippen molar-refractivity contribution in [2.75, 3.05) is 18.5 Å². The van der Waals surface area contributed by atoms with E-state index < -0.39 is 0 Å². The molecule has 5 nitrogen and oxygen atoms in total. The van der Waals surface area contributed by atoms with Crippen LogP contribution >= 0.6 is 11.6 Å². The van der Waals surface area contributed by atoms with Crippen molar-refractivity contribution in [1.82, 2.24) is 4.90 Å². The van der Waals surface area contributed by atoms with Crippen LogP contribution in [-0.2, 0) is 11.2 Å². The van der Waals surface area contributed by atoms with E-state index in [0.29, 0.717) is 29.4 Å². The van der Waals surface area contributed by atoms with Crippen LogP contribution in [0.25, 0.3) is 0 Å². The van der Waals surface area contributed by atoms with Crippen LogP contribution in [0.3, 0.4) is 0 Å². The number of nitrogens with one attached hydrogen (secondary N) is 1. The molecule has 31 heavy (non-hydrogen) atoms. The Morgan fingerprint density at radius 1 is 1.00 bits per heavy atom. The summed E-state index contributed by atoms with van der Waals surface area (Å²) in [6, 6.07) is 22.0. The van der Waals surface area contributed by atoms with E-state index in [1.807, 2.05) is 41.3 Å². The van der Waals surface area contributed by atoms with E-state index in [-0.39, 0.29) is 18.0 Å². The molecule has 158 valence electrons. The average Bonchev–Trinajstić information content (AvgIpc) is 2.79. The molecule has 1 aliphatic heterocycles. The van der Waals surface area contributed by atoms with Crippen LogP contribution in [0.5, 0.6) is 0 Å². The number of fused-ring (bicyclic) bond motifs is 1. The van der Waals surface area contributed by atoms with E-state index in [2.05, 4.69) is 17.4 Å². The van der Waals surface area contributed by atoms with Gasteiger partial charge in [-0.25, -0.2) is 9.59 Å². The molecular formula is C25H23ClN2O3. The van der Waals surface area contributed by atoms with Gasteiger partial charge in [-0.15, -0.1) is 0 Å². The summed E-state index contributed by atoms with van der Waals surface area (Å²) in [5.41, 5.74) is 4.24. The number of rotatable bonds is 4. The van der Waals surface area contributed by atoms with Crippen LogP contribution in [0.1, 0.15) is 40.0 Å². The summed E-state index contributed by atoms with van der Waals surface area (Å²) in [5.74, 6) is -0.383. The fraction of sp³-hybridized carbons (Fsp3) is 0.200. The first-order valence-electron chi connectivity index (χ1n) is 10.3. The van der Waals surface area contributed by atoms with Gasteiger partial charge in [0.2, 0.25) is 0 Å². The smallest absolute Gasteiger partial charge is 0.338 e. The second-order valence-electron chi connectivity index (χ2n) is 7.29. The minimum absolute atomic E-state index is 0.219. The molecular weight excluding hydrogens is 412 g/mol. The average molecular weight is 435 g/mol. The van der Waals surface area contributed by atoms with Crippen LogP contribution in [0.15, 0.2) is 72.8 Å². The number of esters is 1. The number of urea groups is 1. The summed E-state index contributed by atoms with van der Waals surface area (Å²) >= 11 is 6.52. The van der Waals surface area contributed by atoms with Gasteiger partial charge in [-0.3, -0.25) is 0 Å². The number of nitrogens with zero attached hydrogens (tertiary/aromatic N) is 1. The van der Waals surface area contributed by atoms with Gasteiger partial charge in [-0.05, 0) is 60.4 Å². The van der Waals surface area contributed by atoms with Crippen molar-refractivity contribution in [3.05, 3.63) is 100 Å². The maximum Gasteiger partial charge on any atom is 0.338 e. The number of hydrogen-bond donors (Lipinski definition) is 1. The van der Waals surface area contributed by atoms with Gasteiger partial charge >= 0.3 is 12.0 Å². The fourth-order valence-electron chi connectivity index (χ4n) is 3.92. The Bertz CT molecular complexity index is 1100. The van der Waals surface area contributed by atoms with Crippen LogP contribution in [0, 0.1) is 0 Å². The molecule has 1 atom stereocenters. The number of hydrogen-bond acceptors (Lipinski definition) is 3. The van der Waals surface area contributed by atoms with Crippen molar-refractivity contribution in [1.29, 1.82) is 0 Å². The minimum Gasteiger partial charge on any atom is -0.462 e. The van der Waals surface area contributed by atoms with Crippen molar-refractivity contribution < 1.29 is 14.3 Å². The highest BCUT2D eigenvalue weighted by atomic mass is 35.5. The Morgan fingerprint density at radius 3 is 2.39 bits per heavy atom. The molecule has 0 fully saturated rings. The fourth-order valence-corrected chi connectivity index (χ4v) is 4.16. The van der Waals surface area contributed by atoms with Crippen LogP contribution in [-0.4, -0.2) is 30.1 Å². The van der Waals surface area contributed by atoms with Crippen LogP contribution in [0.2, 0.25) is 5.02 Å². The Kier molecular flexibility index (Phi) is 6.23. The molecule has 0 aliphatic carbocycles. The second-order valence-corrected chi connectivity index (χ2v) is 7.70. The molecule has 0 saturated heterocycles. The van der Waals surface area contributed by atoms with E-state index in [1.165, 1.54) is 5.56 Å². The number of carbonyl (C=O) groups excluding carboxylic acids is 2. The number of ether oxygens (including phenoxy) is 1. The van der Waals surface area contributed by atoms with E-state index in [4.69, 9.17) is 16.3 Å². The second kappa shape index (κ2) is 9.23. The zero-order valence-electron chi connectivity index (χ0n) is 17.2. The SMILES string of the molecule is CCOC(=O)c1ccc(NC(=O)N2CCc3ccccc3C2c2ccccc2Cl)cc1. The summed E-state index contributed by atoms with van der Waals surface area (Å²) in [6.07, 6.45) is 0.770. The molecule has 0 bridgehead atoms. The number of carbonyl (C=O) groups is 2. The zero-order chi connectivity index (χ0) is 21.8. The molecule has 1 N–H and O–H groups in total. The van der Waals surface area contributed by atoms with Gasteiger partial charge in [-0.2, -0.15) is 0 Å². The summed E-state index contributed by atoms with van der Waals surface area (Å²) in [6.45, 7) is 2.65. The third-order valence-corrected chi connectivity index (χ3v) is 5.74.